The first-order chi connectivity index (χ1) is 11.0. The summed E-state index contributed by atoms with van der Waals surface area (Å²) in [6.07, 6.45) is 3.48. The highest BCUT2D eigenvalue weighted by molar-refractivity contribution is 6.11. The van der Waals surface area contributed by atoms with E-state index in [0.29, 0.717) is 0 Å². The summed E-state index contributed by atoms with van der Waals surface area (Å²) >= 11 is 0. The lowest BCUT2D eigenvalue weighted by Crippen LogP contribution is -2.36. The van der Waals surface area contributed by atoms with Gasteiger partial charge in [-0.2, -0.15) is 0 Å². The molecule has 116 valence electrons. The maximum Gasteiger partial charge on any atom is 0.262 e. The van der Waals surface area contributed by atoms with E-state index in [4.69, 9.17) is 9.47 Å². The molecule has 2 aromatic rings. The highest BCUT2D eigenvalue weighted by Gasteiger charge is 2.36. The van der Waals surface area contributed by atoms with E-state index >= 15 is 0 Å². The molecule has 3 nitrogen and oxygen atoms in total. The molecule has 2 aromatic carbocycles. The maximum absolute atomic E-state index is 12.6. The normalized spacial score (nSPS) is 20.2. The fourth-order valence-electron chi connectivity index (χ4n) is 2.36. The van der Waals surface area contributed by atoms with Gasteiger partial charge in [-0.3, -0.25) is 4.79 Å². The molecule has 0 saturated carbocycles. The zero-order valence-corrected chi connectivity index (χ0v) is 13.2. The molecule has 0 aliphatic carbocycles. The number of carbonyl (C=O) groups is 1. The molecule has 1 fully saturated rings. The summed E-state index contributed by atoms with van der Waals surface area (Å²) < 4.78 is 11.4. The van der Waals surface area contributed by atoms with Gasteiger partial charge in [-0.1, -0.05) is 60.7 Å². The Morgan fingerprint density at radius 1 is 0.739 bits per heavy atom. The van der Waals surface area contributed by atoms with Crippen LogP contribution in [0.1, 0.15) is 25.0 Å². The Morgan fingerprint density at radius 3 is 1.52 bits per heavy atom. The van der Waals surface area contributed by atoms with Gasteiger partial charge in [-0.05, 0) is 23.3 Å². The van der Waals surface area contributed by atoms with Crippen molar-refractivity contribution in [3.8, 4) is 0 Å². The van der Waals surface area contributed by atoms with Crippen molar-refractivity contribution in [2.75, 3.05) is 0 Å². The van der Waals surface area contributed by atoms with E-state index in [-0.39, 0.29) is 17.3 Å². The molecule has 1 aliphatic rings. The average Bonchev–Trinajstić information content (AvgIpc) is 2.53. The molecule has 1 heterocycles. The summed E-state index contributed by atoms with van der Waals surface area (Å²) in [6, 6.07) is 19.2. The molecule has 0 aromatic heterocycles. The Kier molecular flexibility index (Phi) is 4.02. The van der Waals surface area contributed by atoms with E-state index in [2.05, 4.69) is 0 Å². The fourth-order valence-corrected chi connectivity index (χ4v) is 2.36. The lowest BCUT2D eigenvalue weighted by atomic mass is 10.1. The zero-order valence-electron chi connectivity index (χ0n) is 13.2. The lowest BCUT2D eigenvalue weighted by molar-refractivity contribution is -0.189. The molecule has 0 bridgehead atoms. The quantitative estimate of drug-likeness (QED) is 0.770. The van der Waals surface area contributed by atoms with Gasteiger partial charge in [-0.15, -0.1) is 0 Å². The van der Waals surface area contributed by atoms with Gasteiger partial charge in [0.1, 0.15) is 0 Å². The first-order valence-corrected chi connectivity index (χ1v) is 7.50. The Hall–Kier alpha value is -2.81. The van der Waals surface area contributed by atoms with Crippen LogP contribution in [0.3, 0.4) is 0 Å². The number of ether oxygens (including phenoxy) is 2. The molecule has 0 radical (unpaired) electrons. The Morgan fingerprint density at radius 2 is 1.13 bits per heavy atom. The van der Waals surface area contributed by atoms with E-state index < -0.39 is 5.79 Å². The summed E-state index contributed by atoms with van der Waals surface area (Å²) in [5.41, 5.74) is 1.82. The van der Waals surface area contributed by atoms with Crippen LogP contribution in [0.15, 0.2) is 72.2 Å². The van der Waals surface area contributed by atoms with Crippen LogP contribution < -0.4 is 0 Å². The second kappa shape index (κ2) is 6.13. The molecule has 1 aliphatic heterocycles. The van der Waals surface area contributed by atoms with Gasteiger partial charge in [0, 0.05) is 13.8 Å². The van der Waals surface area contributed by atoms with Gasteiger partial charge in [0.15, 0.2) is 11.5 Å². The Balaban J connectivity index is 1.98. The zero-order chi connectivity index (χ0) is 16.3. The van der Waals surface area contributed by atoms with Crippen molar-refractivity contribution in [3.63, 3.8) is 0 Å². The summed E-state index contributed by atoms with van der Waals surface area (Å²) in [7, 11) is 0. The smallest absolute Gasteiger partial charge is 0.262 e. The SMILES string of the molecule is CC1(C)O/C(=C\c2ccccc2)C(=O)/C(=C/c2ccccc2)O1. The molecular formula is C20H18O3. The third kappa shape index (κ3) is 3.69. The summed E-state index contributed by atoms with van der Waals surface area (Å²) in [5.74, 6) is -0.573. The number of benzene rings is 2. The fraction of sp³-hybridized carbons (Fsp3) is 0.150. The van der Waals surface area contributed by atoms with Gasteiger partial charge in [0.2, 0.25) is 5.79 Å². The molecule has 0 N–H and O–H groups in total. The van der Waals surface area contributed by atoms with E-state index in [9.17, 15) is 4.79 Å². The monoisotopic (exact) mass is 306 g/mol. The molecule has 0 spiro atoms. The van der Waals surface area contributed by atoms with Crippen LogP contribution in [-0.4, -0.2) is 11.6 Å². The van der Waals surface area contributed by atoms with Crippen molar-refractivity contribution < 1.29 is 14.3 Å². The van der Waals surface area contributed by atoms with E-state index in [1.165, 1.54) is 0 Å². The van der Waals surface area contributed by atoms with Crippen LogP contribution in [0.2, 0.25) is 0 Å². The molecule has 1 saturated heterocycles. The van der Waals surface area contributed by atoms with Crippen LogP contribution in [0, 0.1) is 0 Å². The number of ketones is 1. The highest BCUT2D eigenvalue weighted by atomic mass is 16.7. The minimum Gasteiger partial charge on any atom is -0.449 e. The third-order valence-corrected chi connectivity index (χ3v) is 3.35. The van der Waals surface area contributed by atoms with Gasteiger partial charge < -0.3 is 9.47 Å². The van der Waals surface area contributed by atoms with Crippen LogP contribution in [-0.2, 0) is 14.3 Å². The predicted octanol–water partition coefficient (Wildman–Crippen LogP) is 4.42. The first-order valence-electron chi connectivity index (χ1n) is 7.50. The molecule has 3 rings (SSSR count). The van der Waals surface area contributed by atoms with Crippen molar-refractivity contribution in [3.05, 3.63) is 83.3 Å². The van der Waals surface area contributed by atoms with Crippen molar-refractivity contribution in [1.29, 1.82) is 0 Å². The van der Waals surface area contributed by atoms with Crippen LogP contribution >= 0.6 is 0 Å². The van der Waals surface area contributed by atoms with Crippen LogP contribution in [0.4, 0.5) is 0 Å². The standard InChI is InChI=1S/C20H18O3/c1-20(2)22-17(13-15-9-5-3-6-10-15)19(21)18(23-20)14-16-11-7-4-8-12-16/h3-14H,1-2H3/b17-13-,18-14-. The summed E-state index contributed by atoms with van der Waals surface area (Å²) in [6.45, 7) is 3.58. The second-order valence-electron chi connectivity index (χ2n) is 5.77. The molecule has 0 amide bonds. The van der Waals surface area contributed by atoms with Gasteiger partial charge in [0.25, 0.3) is 5.78 Å². The number of hydrogen-bond acceptors (Lipinski definition) is 3. The minimum absolute atomic E-state index is 0.253. The van der Waals surface area contributed by atoms with Gasteiger partial charge >= 0.3 is 0 Å². The largest absolute Gasteiger partial charge is 0.449 e. The molecule has 3 heteroatoms. The Bertz CT molecular complexity index is 692. The number of Topliss-reactive ketones (excluding diaryl/α,β-unsaturated/α-hetero) is 1. The van der Waals surface area contributed by atoms with Crippen molar-refractivity contribution in [1.82, 2.24) is 0 Å². The first kappa shape index (κ1) is 15.1. The van der Waals surface area contributed by atoms with Crippen molar-refractivity contribution in [2.24, 2.45) is 0 Å². The Labute approximate surface area is 135 Å². The molecule has 23 heavy (non-hydrogen) atoms. The van der Waals surface area contributed by atoms with E-state index in [0.717, 1.165) is 11.1 Å². The van der Waals surface area contributed by atoms with Crippen molar-refractivity contribution >= 4 is 17.9 Å². The van der Waals surface area contributed by atoms with Crippen LogP contribution in [0.5, 0.6) is 0 Å². The molecular weight excluding hydrogens is 288 g/mol. The highest BCUT2D eigenvalue weighted by Crippen LogP contribution is 2.31. The van der Waals surface area contributed by atoms with E-state index in [1.807, 2.05) is 60.7 Å². The minimum atomic E-state index is -0.894. The molecule has 0 atom stereocenters. The summed E-state index contributed by atoms with van der Waals surface area (Å²) in [4.78, 5) is 12.6. The van der Waals surface area contributed by atoms with E-state index in [1.54, 1.807) is 26.0 Å². The second-order valence-corrected chi connectivity index (χ2v) is 5.77. The summed E-state index contributed by atoms with van der Waals surface area (Å²) in [5, 5.41) is 0. The van der Waals surface area contributed by atoms with Crippen molar-refractivity contribution in [2.45, 2.75) is 19.6 Å². The third-order valence-electron chi connectivity index (χ3n) is 3.35. The lowest BCUT2D eigenvalue weighted by Gasteiger charge is -2.33. The molecule has 0 unspecified atom stereocenters. The van der Waals surface area contributed by atoms with Gasteiger partial charge in [-0.25, -0.2) is 0 Å². The topological polar surface area (TPSA) is 35.5 Å². The average molecular weight is 306 g/mol. The van der Waals surface area contributed by atoms with Gasteiger partial charge in [0.05, 0.1) is 0 Å². The van der Waals surface area contributed by atoms with Crippen LogP contribution in [0.25, 0.3) is 12.2 Å². The number of hydrogen-bond donors (Lipinski definition) is 0. The number of carbonyl (C=O) groups excluding carboxylic acids is 1. The number of rotatable bonds is 2. The maximum atomic E-state index is 12.6. The predicted molar refractivity (Wildman–Crippen MR) is 90.1 cm³/mol.